The van der Waals surface area contributed by atoms with Crippen molar-refractivity contribution in [1.82, 2.24) is 9.97 Å². The maximum Gasteiger partial charge on any atom is 0.125 e. The standard InChI is InChI=1S/C16H20N4O/c17-15-9-13(11-2-3-11)8-14(20-15)12-4-5-16(19-10-12)18-6-1-7-21/h4-5,8-11,21H,1-3,6-7H2,(H2,17,20)(H,18,19). The molecule has 2 heterocycles. The summed E-state index contributed by atoms with van der Waals surface area (Å²) in [5.41, 5.74) is 9.04. The number of nitrogens with one attached hydrogen (secondary N) is 1. The minimum Gasteiger partial charge on any atom is -0.396 e. The van der Waals surface area contributed by atoms with E-state index in [1.807, 2.05) is 18.2 Å². The molecule has 1 aliphatic rings. The summed E-state index contributed by atoms with van der Waals surface area (Å²) in [6.45, 7) is 0.896. The zero-order valence-electron chi connectivity index (χ0n) is 11.9. The molecule has 0 unspecified atom stereocenters. The predicted molar refractivity (Wildman–Crippen MR) is 84.0 cm³/mol. The molecular weight excluding hydrogens is 264 g/mol. The third-order valence-electron chi connectivity index (χ3n) is 3.62. The molecule has 2 aromatic rings. The number of pyridine rings is 2. The Hall–Kier alpha value is -2.14. The summed E-state index contributed by atoms with van der Waals surface area (Å²) >= 11 is 0. The van der Waals surface area contributed by atoms with E-state index >= 15 is 0 Å². The summed E-state index contributed by atoms with van der Waals surface area (Å²) in [5.74, 6) is 2.03. The second kappa shape index (κ2) is 6.10. The lowest BCUT2D eigenvalue weighted by Gasteiger charge is -2.08. The average Bonchev–Trinajstić information content (AvgIpc) is 3.32. The van der Waals surface area contributed by atoms with Gasteiger partial charge in [-0.3, -0.25) is 0 Å². The van der Waals surface area contributed by atoms with E-state index in [0.717, 1.165) is 17.1 Å². The predicted octanol–water partition coefficient (Wildman–Crippen LogP) is 2.40. The first kappa shape index (κ1) is 13.8. The number of aliphatic hydroxyl groups excluding tert-OH is 1. The third-order valence-corrected chi connectivity index (χ3v) is 3.62. The van der Waals surface area contributed by atoms with Gasteiger partial charge in [0.25, 0.3) is 0 Å². The van der Waals surface area contributed by atoms with E-state index in [1.165, 1.54) is 18.4 Å². The van der Waals surface area contributed by atoms with Gasteiger partial charge in [-0.25, -0.2) is 9.97 Å². The maximum atomic E-state index is 8.76. The van der Waals surface area contributed by atoms with Gasteiger partial charge >= 0.3 is 0 Å². The minimum absolute atomic E-state index is 0.183. The van der Waals surface area contributed by atoms with E-state index in [0.29, 0.717) is 24.7 Å². The zero-order chi connectivity index (χ0) is 14.7. The first-order valence-corrected chi connectivity index (χ1v) is 7.35. The van der Waals surface area contributed by atoms with Gasteiger partial charge in [0.1, 0.15) is 11.6 Å². The molecule has 3 rings (SSSR count). The van der Waals surface area contributed by atoms with Crippen molar-refractivity contribution in [2.45, 2.75) is 25.2 Å². The van der Waals surface area contributed by atoms with Gasteiger partial charge in [0, 0.05) is 24.9 Å². The summed E-state index contributed by atoms with van der Waals surface area (Å²) in [4.78, 5) is 8.78. The van der Waals surface area contributed by atoms with Gasteiger partial charge < -0.3 is 16.2 Å². The second-order valence-corrected chi connectivity index (χ2v) is 5.42. The van der Waals surface area contributed by atoms with Crippen LogP contribution in [0, 0.1) is 0 Å². The van der Waals surface area contributed by atoms with Crippen molar-refractivity contribution in [2.75, 3.05) is 24.2 Å². The Morgan fingerprint density at radius 1 is 1.29 bits per heavy atom. The first-order valence-electron chi connectivity index (χ1n) is 7.35. The summed E-state index contributed by atoms with van der Waals surface area (Å²) in [6.07, 6.45) is 5.01. The summed E-state index contributed by atoms with van der Waals surface area (Å²) in [7, 11) is 0. The van der Waals surface area contributed by atoms with Crippen LogP contribution in [-0.2, 0) is 0 Å². The summed E-state index contributed by atoms with van der Waals surface area (Å²) in [6, 6.07) is 8.00. The number of anilines is 2. The fraction of sp³-hybridized carbons (Fsp3) is 0.375. The van der Waals surface area contributed by atoms with E-state index in [-0.39, 0.29) is 6.61 Å². The van der Waals surface area contributed by atoms with Gasteiger partial charge in [0.05, 0.1) is 5.69 Å². The lowest BCUT2D eigenvalue weighted by Crippen LogP contribution is -2.04. The quantitative estimate of drug-likeness (QED) is 0.709. The van der Waals surface area contributed by atoms with Crippen molar-refractivity contribution >= 4 is 11.6 Å². The number of hydrogen-bond acceptors (Lipinski definition) is 5. The highest BCUT2D eigenvalue weighted by atomic mass is 16.3. The van der Waals surface area contributed by atoms with Gasteiger partial charge in [-0.2, -0.15) is 0 Å². The molecule has 0 saturated heterocycles. The average molecular weight is 284 g/mol. The van der Waals surface area contributed by atoms with Crippen LogP contribution in [0.25, 0.3) is 11.3 Å². The largest absolute Gasteiger partial charge is 0.396 e. The Bertz CT molecular complexity index is 608. The molecule has 110 valence electrons. The van der Waals surface area contributed by atoms with Gasteiger partial charge in [-0.05, 0) is 55.0 Å². The van der Waals surface area contributed by atoms with Crippen LogP contribution in [0.3, 0.4) is 0 Å². The number of hydrogen-bond donors (Lipinski definition) is 3. The Balaban J connectivity index is 1.77. The van der Waals surface area contributed by atoms with E-state index in [2.05, 4.69) is 21.4 Å². The van der Waals surface area contributed by atoms with Crippen molar-refractivity contribution in [3.05, 3.63) is 36.0 Å². The van der Waals surface area contributed by atoms with Gasteiger partial charge in [0.2, 0.25) is 0 Å². The van der Waals surface area contributed by atoms with Crippen LogP contribution in [0.4, 0.5) is 11.6 Å². The molecule has 5 heteroatoms. The molecule has 1 saturated carbocycles. The van der Waals surface area contributed by atoms with Crippen molar-refractivity contribution in [3.8, 4) is 11.3 Å². The second-order valence-electron chi connectivity index (χ2n) is 5.42. The fourth-order valence-electron chi connectivity index (χ4n) is 2.32. The Morgan fingerprint density at radius 2 is 2.14 bits per heavy atom. The number of nitrogens with zero attached hydrogens (tertiary/aromatic N) is 2. The highest BCUT2D eigenvalue weighted by Gasteiger charge is 2.24. The van der Waals surface area contributed by atoms with Crippen LogP contribution in [0.1, 0.15) is 30.7 Å². The van der Waals surface area contributed by atoms with Gasteiger partial charge in [-0.1, -0.05) is 0 Å². The van der Waals surface area contributed by atoms with E-state index in [1.54, 1.807) is 6.20 Å². The lowest BCUT2D eigenvalue weighted by atomic mass is 10.1. The third kappa shape index (κ3) is 3.49. The monoisotopic (exact) mass is 284 g/mol. The first-order chi connectivity index (χ1) is 10.3. The van der Waals surface area contributed by atoms with Crippen LogP contribution < -0.4 is 11.1 Å². The number of rotatable bonds is 6. The Kier molecular flexibility index (Phi) is 4.01. The Labute approximate surface area is 124 Å². The van der Waals surface area contributed by atoms with Crippen LogP contribution in [-0.4, -0.2) is 28.2 Å². The molecule has 0 bridgehead atoms. The van der Waals surface area contributed by atoms with E-state index in [4.69, 9.17) is 10.8 Å². The van der Waals surface area contributed by atoms with Gasteiger partial charge in [-0.15, -0.1) is 0 Å². The van der Waals surface area contributed by atoms with Crippen molar-refractivity contribution in [1.29, 1.82) is 0 Å². The molecule has 0 atom stereocenters. The van der Waals surface area contributed by atoms with E-state index in [9.17, 15) is 0 Å². The minimum atomic E-state index is 0.183. The molecule has 0 radical (unpaired) electrons. The van der Waals surface area contributed by atoms with Gasteiger partial charge in [0.15, 0.2) is 0 Å². The van der Waals surface area contributed by atoms with Crippen LogP contribution >= 0.6 is 0 Å². The number of aromatic nitrogens is 2. The molecule has 1 fully saturated rings. The van der Waals surface area contributed by atoms with Crippen molar-refractivity contribution in [2.24, 2.45) is 0 Å². The fourth-order valence-corrected chi connectivity index (χ4v) is 2.32. The molecule has 0 aliphatic heterocycles. The number of aliphatic hydroxyl groups is 1. The molecule has 0 spiro atoms. The molecule has 2 aromatic heterocycles. The normalized spacial score (nSPS) is 14.1. The van der Waals surface area contributed by atoms with Crippen molar-refractivity contribution < 1.29 is 5.11 Å². The molecule has 4 N–H and O–H groups in total. The molecule has 0 aromatic carbocycles. The Morgan fingerprint density at radius 3 is 2.81 bits per heavy atom. The zero-order valence-corrected chi connectivity index (χ0v) is 11.9. The van der Waals surface area contributed by atoms with Crippen LogP contribution in [0.5, 0.6) is 0 Å². The number of nitrogen functional groups attached to an aromatic ring is 1. The molecule has 5 nitrogen and oxygen atoms in total. The highest BCUT2D eigenvalue weighted by Crippen LogP contribution is 2.41. The molecule has 21 heavy (non-hydrogen) atoms. The molecular formula is C16H20N4O. The maximum absolute atomic E-state index is 8.76. The number of nitrogens with two attached hydrogens (primary N) is 1. The topological polar surface area (TPSA) is 84.1 Å². The van der Waals surface area contributed by atoms with Crippen LogP contribution in [0.2, 0.25) is 0 Å². The smallest absolute Gasteiger partial charge is 0.125 e. The van der Waals surface area contributed by atoms with Crippen molar-refractivity contribution in [3.63, 3.8) is 0 Å². The SMILES string of the molecule is Nc1cc(C2CC2)cc(-c2ccc(NCCCO)nc2)n1. The van der Waals surface area contributed by atoms with Crippen LogP contribution in [0.15, 0.2) is 30.5 Å². The highest BCUT2D eigenvalue weighted by molar-refractivity contribution is 5.63. The van der Waals surface area contributed by atoms with E-state index < -0.39 is 0 Å². The summed E-state index contributed by atoms with van der Waals surface area (Å²) < 4.78 is 0. The summed E-state index contributed by atoms with van der Waals surface area (Å²) in [5, 5.41) is 11.9. The molecule has 1 aliphatic carbocycles. The molecule has 0 amide bonds. The lowest BCUT2D eigenvalue weighted by molar-refractivity contribution is 0.292.